The lowest BCUT2D eigenvalue weighted by atomic mass is 9.98. The summed E-state index contributed by atoms with van der Waals surface area (Å²) in [5.74, 6) is 1.29. The molecule has 0 aliphatic carbocycles. The number of nitrogens with zero attached hydrogens (tertiary/aromatic N) is 1. The lowest BCUT2D eigenvalue weighted by molar-refractivity contribution is 0.0756. The molecule has 0 amide bonds. The third kappa shape index (κ3) is 2.11. The molecule has 0 bridgehead atoms. The molecule has 0 radical (unpaired) electrons. The normalized spacial score (nSPS) is 11.6. The van der Waals surface area contributed by atoms with E-state index in [-0.39, 0.29) is 0 Å². The van der Waals surface area contributed by atoms with Gasteiger partial charge in [-0.15, -0.1) is 0 Å². The first-order valence-corrected chi connectivity index (χ1v) is 5.71. The second-order valence-corrected chi connectivity index (χ2v) is 4.65. The van der Waals surface area contributed by atoms with Crippen molar-refractivity contribution < 1.29 is 14.6 Å². The van der Waals surface area contributed by atoms with Gasteiger partial charge in [0.15, 0.2) is 11.5 Å². The Bertz CT molecular complexity index is 573. The van der Waals surface area contributed by atoms with Gasteiger partial charge < -0.3 is 14.6 Å². The summed E-state index contributed by atoms with van der Waals surface area (Å²) in [6, 6.07) is 5.60. The molecule has 0 saturated carbocycles. The highest BCUT2D eigenvalue weighted by atomic mass is 16.5. The minimum Gasteiger partial charge on any atom is -0.493 e. The average Bonchev–Trinajstić information content (AvgIpc) is 2.35. The molecule has 2 aromatic rings. The van der Waals surface area contributed by atoms with E-state index < -0.39 is 5.60 Å². The molecule has 0 fully saturated rings. The van der Waals surface area contributed by atoms with Crippen LogP contribution in [0.3, 0.4) is 0 Å². The molecule has 0 unspecified atom stereocenters. The molecule has 1 aromatic carbocycles. The van der Waals surface area contributed by atoms with E-state index in [0.29, 0.717) is 17.2 Å². The number of methoxy groups -OCH3 is 2. The summed E-state index contributed by atoms with van der Waals surface area (Å²) < 4.78 is 10.5. The van der Waals surface area contributed by atoms with E-state index in [9.17, 15) is 5.11 Å². The van der Waals surface area contributed by atoms with Crippen molar-refractivity contribution in [1.29, 1.82) is 0 Å². The first kappa shape index (κ1) is 12.6. The number of fused-ring (bicyclic) bond motifs is 1. The van der Waals surface area contributed by atoms with Gasteiger partial charge in [-0.25, -0.2) is 0 Å². The highest BCUT2D eigenvalue weighted by Gasteiger charge is 2.21. The van der Waals surface area contributed by atoms with Gasteiger partial charge in [0.05, 0.1) is 19.9 Å². The van der Waals surface area contributed by atoms with Crippen LogP contribution in [0.1, 0.15) is 19.5 Å². The van der Waals surface area contributed by atoms with E-state index in [2.05, 4.69) is 4.98 Å². The van der Waals surface area contributed by atoms with E-state index in [1.54, 1.807) is 34.3 Å². The van der Waals surface area contributed by atoms with Crippen LogP contribution in [0.15, 0.2) is 24.4 Å². The number of aromatic nitrogens is 1. The van der Waals surface area contributed by atoms with Gasteiger partial charge in [0, 0.05) is 11.6 Å². The zero-order valence-corrected chi connectivity index (χ0v) is 11.0. The van der Waals surface area contributed by atoms with Gasteiger partial charge in [-0.05, 0) is 37.4 Å². The van der Waals surface area contributed by atoms with Crippen LogP contribution in [0.5, 0.6) is 11.5 Å². The van der Waals surface area contributed by atoms with Gasteiger partial charge in [0.2, 0.25) is 0 Å². The third-order valence-electron chi connectivity index (χ3n) is 2.85. The van der Waals surface area contributed by atoms with Crippen molar-refractivity contribution in [3.05, 3.63) is 30.1 Å². The van der Waals surface area contributed by atoms with Crippen LogP contribution >= 0.6 is 0 Å². The minimum atomic E-state index is -1.00. The van der Waals surface area contributed by atoms with Crippen molar-refractivity contribution in [2.24, 2.45) is 0 Å². The maximum absolute atomic E-state index is 10.1. The van der Waals surface area contributed by atoms with E-state index in [1.807, 2.05) is 18.2 Å². The van der Waals surface area contributed by atoms with Crippen molar-refractivity contribution in [3.8, 4) is 11.5 Å². The lowest BCUT2D eigenvalue weighted by Gasteiger charge is -2.19. The van der Waals surface area contributed by atoms with E-state index in [4.69, 9.17) is 9.47 Å². The van der Waals surface area contributed by atoms with Crippen LogP contribution in [0.2, 0.25) is 0 Å². The topological polar surface area (TPSA) is 51.6 Å². The quantitative estimate of drug-likeness (QED) is 0.905. The Balaban J connectivity index is 2.77. The average molecular weight is 247 g/mol. The van der Waals surface area contributed by atoms with Crippen LogP contribution in [0, 0.1) is 0 Å². The molecule has 4 nitrogen and oxygen atoms in total. The predicted molar refractivity (Wildman–Crippen MR) is 70.1 cm³/mol. The molecule has 0 atom stereocenters. The number of benzene rings is 1. The highest BCUT2D eigenvalue weighted by Crippen LogP contribution is 2.35. The molecule has 1 N–H and O–H groups in total. The number of hydrogen-bond acceptors (Lipinski definition) is 4. The molecule has 0 aliphatic rings. The molecule has 96 valence electrons. The minimum absolute atomic E-state index is 0.626. The summed E-state index contributed by atoms with van der Waals surface area (Å²) in [4.78, 5) is 4.26. The smallest absolute Gasteiger partial charge is 0.161 e. The molecule has 18 heavy (non-hydrogen) atoms. The van der Waals surface area contributed by atoms with Gasteiger partial charge >= 0.3 is 0 Å². The summed E-state index contributed by atoms with van der Waals surface area (Å²) in [5.41, 5.74) is -0.375. The Hall–Kier alpha value is -1.81. The second kappa shape index (κ2) is 4.46. The molecule has 1 aromatic heterocycles. The SMILES string of the molecule is COc1cc2ccnc(C(C)(C)O)c2cc1OC. The maximum Gasteiger partial charge on any atom is 0.161 e. The zero-order valence-electron chi connectivity index (χ0n) is 11.0. The fraction of sp³-hybridized carbons (Fsp3) is 0.357. The molecule has 4 heteroatoms. The standard InChI is InChI=1S/C14H17NO3/c1-14(2,16)13-10-8-12(18-4)11(17-3)7-9(10)5-6-15-13/h5-8,16H,1-4H3. The van der Waals surface area contributed by atoms with E-state index >= 15 is 0 Å². The number of ether oxygens (including phenoxy) is 2. The largest absolute Gasteiger partial charge is 0.493 e. The first-order chi connectivity index (χ1) is 8.47. The van der Waals surface area contributed by atoms with Crippen molar-refractivity contribution in [2.45, 2.75) is 19.4 Å². The fourth-order valence-corrected chi connectivity index (χ4v) is 1.99. The van der Waals surface area contributed by atoms with Crippen LogP contribution in [0.25, 0.3) is 10.8 Å². The Morgan fingerprint density at radius 3 is 2.28 bits per heavy atom. The summed E-state index contributed by atoms with van der Waals surface area (Å²) >= 11 is 0. The summed E-state index contributed by atoms with van der Waals surface area (Å²) in [6.07, 6.45) is 1.68. The Morgan fingerprint density at radius 2 is 1.72 bits per heavy atom. The number of hydrogen-bond donors (Lipinski definition) is 1. The van der Waals surface area contributed by atoms with Crippen LogP contribution in [-0.4, -0.2) is 24.3 Å². The molecule has 0 saturated heterocycles. The van der Waals surface area contributed by atoms with Gasteiger partial charge in [-0.1, -0.05) is 0 Å². The monoisotopic (exact) mass is 247 g/mol. The molecule has 1 heterocycles. The fourth-order valence-electron chi connectivity index (χ4n) is 1.99. The number of aliphatic hydroxyl groups is 1. The Kier molecular flexibility index (Phi) is 3.13. The van der Waals surface area contributed by atoms with Gasteiger partial charge in [-0.2, -0.15) is 0 Å². The summed E-state index contributed by atoms with van der Waals surface area (Å²) in [6.45, 7) is 3.43. The molecule has 0 aliphatic heterocycles. The van der Waals surface area contributed by atoms with Gasteiger partial charge in [0.25, 0.3) is 0 Å². The van der Waals surface area contributed by atoms with Crippen LogP contribution in [-0.2, 0) is 5.60 Å². The molecular formula is C14H17NO3. The molecule has 0 spiro atoms. The van der Waals surface area contributed by atoms with Crippen molar-refractivity contribution >= 4 is 10.8 Å². The Morgan fingerprint density at radius 1 is 1.11 bits per heavy atom. The van der Waals surface area contributed by atoms with Crippen LogP contribution in [0.4, 0.5) is 0 Å². The van der Waals surface area contributed by atoms with Gasteiger partial charge in [-0.3, -0.25) is 4.98 Å². The lowest BCUT2D eigenvalue weighted by Crippen LogP contribution is -2.17. The maximum atomic E-state index is 10.1. The van der Waals surface area contributed by atoms with Crippen molar-refractivity contribution in [1.82, 2.24) is 4.98 Å². The summed E-state index contributed by atoms with van der Waals surface area (Å²) in [5, 5.41) is 12.0. The molecule has 2 rings (SSSR count). The van der Waals surface area contributed by atoms with Crippen molar-refractivity contribution in [3.63, 3.8) is 0 Å². The first-order valence-electron chi connectivity index (χ1n) is 5.71. The van der Waals surface area contributed by atoms with E-state index in [1.165, 1.54) is 0 Å². The summed E-state index contributed by atoms with van der Waals surface area (Å²) in [7, 11) is 3.19. The van der Waals surface area contributed by atoms with Gasteiger partial charge in [0.1, 0.15) is 5.60 Å². The highest BCUT2D eigenvalue weighted by molar-refractivity contribution is 5.88. The second-order valence-electron chi connectivity index (χ2n) is 4.65. The van der Waals surface area contributed by atoms with Crippen LogP contribution < -0.4 is 9.47 Å². The van der Waals surface area contributed by atoms with E-state index in [0.717, 1.165) is 10.8 Å². The Labute approximate surface area is 106 Å². The number of pyridine rings is 1. The van der Waals surface area contributed by atoms with Crippen molar-refractivity contribution in [2.75, 3.05) is 14.2 Å². The third-order valence-corrected chi connectivity index (χ3v) is 2.85. The predicted octanol–water partition coefficient (Wildman–Crippen LogP) is 2.48. The molecular weight excluding hydrogens is 230 g/mol. The zero-order chi connectivity index (χ0) is 13.3. The number of rotatable bonds is 3.